The molecular weight excluding hydrogens is 364 g/mol. The van der Waals surface area contributed by atoms with Crippen LogP contribution in [-0.2, 0) is 4.74 Å². The van der Waals surface area contributed by atoms with Crippen molar-refractivity contribution in [3.05, 3.63) is 69.5 Å². The Hall–Kier alpha value is -3.75. The highest BCUT2D eigenvalue weighted by atomic mass is 16.6. The number of hydrogen-bond donors (Lipinski definition) is 2. The predicted octanol–water partition coefficient (Wildman–Crippen LogP) is 3.14. The number of nitrogens with zero attached hydrogens (tertiary/aromatic N) is 2. The first-order chi connectivity index (χ1) is 13.4. The van der Waals surface area contributed by atoms with Gasteiger partial charge in [-0.15, -0.1) is 0 Å². The number of para-hydroxylation sites is 2. The first kappa shape index (κ1) is 19.0. The number of imidazole rings is 1. The summed E-state index contributed by atoms with van der Waals surface area (Å²) < 4.78 is 4.87. The van der Waals surface area contributed by atoms with Gasteiger partial charge in [0.05, 0.1) is 34.2 Å². The molecule has 3 rings (SSSR count). The zero-order valence-electron chi connectivity index (χ0n) is 15.3. The molecule has 144 valence electrons. The van der Waals surface area contributed by atoms with Crippen LogP contribution in [0.15, 0.2) is 42.5 Å². The molecule has 0 aliphatic carbocycles. The monoisotopic (exact) mass is 382 g/mol. The first-order valence-electron chi connectivity index (χ1n) is 8.61. The minimum Gasteiger partial charge on any atom is -0.462 e. The zero-order chi connectivity index (χ0) is 20.3. The minimum absolute atomic E-state index is 0.0137. The highest BCUT2D eigenvalue weighted by Crippen LogP contribution is 2.20. The van der Waals surface area contributed by atoms with Gasteiger partial charge in [-0.2, -0.15) is 0 Å². The summed E-state index contributed by atoms with van der Waals surface area (Å²) in [5, 5.41) is 13.9. The molecule has 0 spiro atoms. The van der Waals surface area contributed by atoms with Crippen LogP contribution in [0, 0.1) is 10.1 Å². The molecule has 0 fully saturated rings. The minimum atomic E-state index is -0.731. The summed E-state index contributed by atoms with van der Waals surface area (Å²) in [5.41, 5.74) is 1.15. The quantitative estimate of drug-likeness (QED) is 0.383. The van der Waals surface area contributed by atoms with Crippen LogP contribution in [0.4, 0.5) is 5.69 Å². The van der Waals surface area contributed by atoms with Gasteiger partial charge in [-0.05, 0) is 32.0 Å². The first-order valence-corrected chi connectivity index (χ1v) is 8.61. The number of H-pyrrole nitrogens is 1. The van der Waals surface area contributed by atoms with Crippen molar-refractivity contribution in [2.45, 2.75) is 19.9 Å². The van der Waals surface area contributed by atoms with Gasteiger partial charge >= 0.3 is 5.97 Å². The van der Waals surface area contributed by atoms with Crippen LogP contribution < -0.4 is 5.32 Å². The fourth-order valence-electron chi connectivity index (χ4n) is 2.71. The summed E-state index contributed by atoms with van der Waals surface area (Å²) in [7, 11) is 0. The number of rotatable bonds is 6. The largest absolute Gasteiger partial charge is 0.462 e. The van der Waals surface area contributed by atoms with E-state index < -0.39 is 22.8 Å². The van der Waals surface area contributed by atoms with Crippen molar-refractivity contribution in [1.29, 1.82) is 0 Å². The number of nitro benzene ring substituents is 1. The molecule has 28 heavy (non-hydrogen) atoms. The van der Waals surface area contributed by atoms with Crippen LogP contribution in [0.5, 0.6) is 0 Å². The summed E-state index contributed by atoms with van der Waals surface area (Å²) in [6.45, 7) is 3.48. The molecule has 1 atom stereocenters. The van der Waals surface area contributed by atoms with E-state index >= 15 is 0 Å². The van der Waals surface area contributed by atoms with E-state index in [2.05, 4.69) is 15.3 Å². The Morgan fingerprint density at radius 3 is 2.64 bits per heavy atom. The second-order valence-electron chi connectivity index (χ2n) is 6.08. The van der Waals surface area contributed by atoms with E-state index in [1.807, 2.05) is 24.3 Å². The van der Waals surface area contributed by atoms with Crippen LogP contribution in [-0.4, -0.2) is 33.4 Å². The number of aromatic amines is 1. The van der Waals surface area contributed by atoms with Crippen molar-refractivity contribution >= 4 is 28.6 Å². The molecule has 2 aromatic carbocycles. The molecule has 0 bridgehead atoms. The SMILES string of the molecule is CCOC(=O)c1cc(C(=O)NC(C)c2nc3ccccc3[nH]2)cc([N+](=O)[O-])c1. The van der Waals surface area contributed by atoms with Crippen molar-refractivity contribution < 1.29 is 19.2 Å². The van der Waals surface area contributed by atoms with Gasteiger partial charge in [-0.25, -0.2) is 9.78 Å². The molecule has 1 unspecified atom stereocenters. The van der Waals surface area contributed by atoms with Crippen LogP contribution in [0.2, 0.25) is 0 Å². The fourth-order valence-corrected chi connectivity index (χ4v) is 2.71. The maximum absolute atomic E-state index is 12.6. The zero-order valence-corrected chi connectivity index (χ0v) is 15.3. The summed E-state index contributed by atoms with van der Waals surface area (Å²) in [6.07, 6.45) is 0. The third kappa shape index (κ3) is 3.98. The number of hydrogen-bond acceptors (Lipinski definition) is 6. The molecule has 3 aromatic rings. The van der Waals surface area contributed by atoms with Crippen molar-refractivity contribution in [2.75, 3.05) is 6.61 Å². The molecular formula is C19H18N4O5. The molecule has 2 N–H and O–H groups in total. The molecule has 0 radical (unpaired) electrons. The van der Waals surface area contributed by atoms with Gasteiger partial charge < -0.3 is 15.0 Å². The Morgan fingerprint density at radius 1 is 1.25 bits per heavy atom. The number of carbonyl (C=O) groups excluding carboxylic acids is 2. The van der Waals surface area contributed by atoms with E-state index in [9.17, 15) is 19.7 Å². The van der Waals surface area contributed by atoms with E-state index in [4.69, 9.17) is 4.74 Å². The molecule has 0 saturated carbocycles. The number of amides is 1. The third-order valence-corrected chi connectivity index (χ3v) is 4.07. The Morgan fingerprint density at radius 2 is 1.96 bits per heavy atom. The fraction of sp³-hybridized carbons (Fsp3) is 0.211. The summed E-state index contributed by atoms with van der Waals surface area (Å²) in [5.74, 6) is -0.751. The number of nitro groups is 1. The normalized spacial score (nSPS) is 11.8. The van der Waals surface area contributed by atoms with E-state index in [1.165, 1.54) is 6.07 Å². The Balaban J connectivity index is 1.86. The Bertz CT molecular complexity index is 1030. The topological polar surface area (TPSA) is 127 Å². The molecule has 0 aliphatic heterocycles. The second kappa shape index (κ2) is 7.87. The number of nitrogens with one attached hydrogen (secondary N) is 2. The standard InChI is InChI=1S/C19H18N4O5/c1-3-28-19(25)13-8-12(9-14(10-13)23(26)27)18(24)20-11(2)17-21-15-6-4-5-7-16(15)22-17/h4-11H,3H2,1-2H3,(H,20,24)(H,21,22). The van der Waals surface area contributed by atoms with Crippen LogP contribution in [0.1, 0.15) is 46.4 Å². The molecule has 1 amide bonds. The summed E-state index contributed by atoms with van der Waals surface area (Å²) in [6, 6.07) is 10.4. The van der Waals surface area contributed by atoms with Crippen LogP contribution in [0.3, 0.4) is 0 Å². The number of benzene rings is 2. The van der Waals surface area contributed by atoms with E-state index in [-0.39, 0.29) is 23.4 Å². The maximum Gasteiger partial charge on any atom is 0.338 e. The molecule has 0 saturated heterocycles. The number of ether oxygens (including phenoxy) is 1. The van der Waals surface area contributed by atoms with Crippen molar-refractivity contribution in [2.24, 2.45) is 0 Å². The number of fused-ring (bicyclic) bond motifs is 1. The average Bonchev–Trinajstić information content (AvgIpc) is 3.12. The predicted molar refractivity (Wildman–Crippen MR) is 101 cm³/mol. The van der Waals surface area contributed by atoms with Crippen LogP contribution >= 0.6 is 0 Å². The highest BCUT2D eigenvalue weighted by molar-refractivity contribution is 5.99. The summed E-state index contributed by atoms with van der Waals surface area (Å²) >= 11 is 0. The molecule has 0 aliphatic rings. The molecule has 1 aromatic heterocycles. The molecule has 9 nitrogen and oxygen atoms in total. The van der Waals surface area contributed by atoms with Gasteiger partial charge in [0.25, 0.3) is 11.6 Å². The lowest BCUT2D eigenvalue weighted by molar-refractivity contribution is -0.384. The van der Waals surface area contributed by atoms with Gasteiger partial charge in [0, 0.05) is 17.7 Å². The van der Waals surface area contributed by atoms with Crippen molar-refractivity contribution in [3.8, 4) is 0 Å². The van der Waals surface area contributed by atoms with Crippen LogP contribution in [0.25, 0.3) is 11.0 Å². The smallest absolute Gasteiger partial charge is 0.338 e. The van der Waals surface area contributed by atoms with Gasteiger partial charge in [0.2, 0.25) is 0 Å². The number of non-ortho nitro benzene ring substituents is 1. The van der Waals surface area contributed by atoms with Gasteiger partial charge in [-0.3, -0.25) is 14.9 Å². The molecule has 1 heterocycles. The number of carbonyl (C=O) groups is 2. The number of aromatic nitrogens is 2. The van der Waals surface area contributed by atoms with Gasteiger partial charge in [-0.1, -0.05) is 12.1 Å². The summed E-state index contributed by atoms with van der Waals surface area (Å²) in [4.78, 5) is 42.6. The van der Waals surface area contributed by atoms with E-state index in [0.717, 1.165) is 23.2 Å². The Labute approximate surface area is 159 Å². The van der Waals surface area contributed by atoms with E-state index in [0.29, 0.717) is 5.82 Å². The maximum atomic E-state index is 12.6. The number of esters is 1. The van der Waals surface area contributed by atoms with Gasteiger partial charge in [0.1, 0.15) is 5.82 Å². The Kier molecular flexibility index (Phi) is 5.35. The highest BCUT2D eigenvalue weighted by Gasteiger charge is 2.21. The molecule has 9 heteroatoms. The second-order valence-corrected chi connectivity index (χ2v) is 6.08. The third-order valence-electron chi connectivity index (χ3n) is 4.07. The average molecular weight is 382 g/mol. The lowest BCUT2D eigenvalue weighted by Gasteiger charge is -2.12. The lowest BCUT2D eigenvalue weighted by atomic mass is 10.1. The van der Waals surface area contributed by atoms with Crippen molar-refractivity contribution in [3.63, 3.8) is 0 Å². The lowest BCUT2D eigenvalue weighted by Crippen LogP contribution is -2.27. The van der Waals surface area contributed by atoms with E-state index in [1.54, 1.807) is 13.8 Å². The van der Waals surface area contributed by atoms with Gasteiger partial charge in [0.15, 0.2) is 0 Å². The van der Waals surface area contributed by atoms with Crippen molar-refractivity contribution in [1.82, 2.24) is 15.3 Å².